The number of carbonyl (C=O) groups is 1. The normalized spacial score (nSPS) is 15.5. The molecule has 1 atom stereocenters. The van der Waals surface area contributed by atoms with Crippen LogP contribution < -0.4 is 9.64 Å². The molecule has 244 valence electrons. The van der Waals surface area contributed by atoms with Gasteiger partial charge in [-0.2, -0.15) is 9.61 Å². The number of fused-ring (bicyclic) bond motifs is 1. The molecule has 4 aromatic rings. The number of para-hydroxylation sites is 1. The highest BCUT2D eigenvalue weighted by molar-refractivity contribution is 5.78. The topological polar surface area (TPSA) is 124 Å². The number of piperidine rings is 1. The summed E-state index contributed by atoms with van der Waals surface area (Å²) in [5.74, 6) is 1.25. The first-order chi connectivity index (χ1) is 21.9. The second-order valence-corrected chi connectivity index (χ2v) is 12.7. The van der Waals surface area contributed by atoms with Gasteiger partial charge in [0.1, 0.15) is 23.9 Å². The summed E-state index contributed by atoms with van der Waals surface area (Å²) in [6, 6.07) is 9.57. The van der Waals surface area contributed by atoms with Crippen molar-refractivity contribution in [3.63, 3.8) is 0 Å². The molecule has 1 aliphatic rings. The van der Waals surface area contributed by atoms with Crippen LogP contribution in [-0.2, 0) is 20.7 Å². The molecule has 1 N–H and O–H groups in total. The summed E-state index contributed by atoms with van der Waals surface area (Å²) >= 11 is 0. The Labute approximate surface area is 269 Å². The number of oxazole rings is 1. The number of nitrogens with zero attached hydrogens (tertiary/aromatic N) is 5. The number of carboxylic acid groups (broad SMARTS) is 1. The number of anilines is 1. The van der Waals surface area contributed by atoms with Gasteiger partial charge in [0.05, 0.1) is 29.6 Å². The quantitative estimate of drug-likeness (QED) is 0.167. The van der Waals surface area contributed by atoms with Crippen molar-refractivity contribution >= 4 is 17.4 Å². The van der Waals surface area contributed by atoms with Gasteiger partial charge in [0.15, 0.2) is 17.4 Å². The zero-order valence-corrected chi connectivity index (χ0v) is 27.3. The van der Waals surface area contributed by atoms with E-state index in [-0.39, 0.29) is 5.60 Å². The fourth-order valence-electron chi connectivity index (χ4n) is 5.65. The molecule has 0 bridgehead atoms. The largest absolute Gasteiger partial charge is 0.489 e. The van der Waals surface area contributed by atoms with Gasteiger partial charge < -0.3 is 28.6 Å². The zero-order chi connectivity index (χ0) is 33.1. The SMILES string of the molecule is C=CCOc1ccccc1Cc1cnc(-c2cc3nc(C)c(C(OC(C)(C)C)C(=O)O)c(N4CCC(C)(OCC=C)CC4)n3n2)o1. The van der Waals surface area contributed by atoms with E-state index in [1.165, 1.54) is 0 Å². The Bertz CT molecular complexity index is 1710. The molecule has 0 aliphatic carbocycles. The third kappa shape index (κ3) is 7.32. The van der Waals surface area contributed by atoms with E-state index < -0.39 is 17.7 Å². The van der Waals surface area contributed by atoms with Gasteiger partial charge in [-0.05, 0) is 53.5 Å². The van der Waals surface area contributed by atoms with Crippen molar-refractivity contribution in [3.05, 3.63) is 84.4 Å². The lowest BCUT2D eigenvalue weighted by Crippen LogP contribution is -2.45. The highest BCUT2D eigenvalue weighted by Crippen LogP contribution is 2.38. The van der Waals surface area contributed by atoms with Crippen molar-refractivity contribution in [1.82, 2.24) is 19.6 Å². The van der Waals surface area contributed by atoms with Crippen LogP contribution in [0.3, 0.4) is 0 Å². The van der Waals surface area contributed by atoms with Crippen LogP contribution in [0.1, 0.15) is 69.2 Å². The van der Waals surface area contributed by atoms with Crippen LogP contribution in [0.25, 0.3) is 17.2 Å². The molecule has 1 saturated heterocycles. The lowest BCUT2D eigenvalue weighted by molar-refractivity contribution is -0.160. The number of benzene rings is 1. The molecule has 0 spiro atoms. The first kappa shape index (κ1) is 32.9. The highest BCUT2D eigenvalue weighted by Gasteiger charge is 2.38. The molecule has 0 radical (unpaired) electrons. The van der Waals surface area contributed by atoms with Crippen LogP contribution in [0.5, 0.6) is 5.75 Å². The lowest BCUT2D eigenvalue weighted by Gasteiger charge is -2.41. The fraction of sp³-hybridized carbons (Fsp3) is 0.429. The summed E-state index contributed by atoms with van der Waals surface area (Å²) in [4.78, 5) is 24.2. The second-order valence-electron chi connectivity index (χ2n) is 12.7. The first-order valence-corrected chi connectivity index (χ1v) is 15.5. The molecule has 11 heteroatoms. The van der Waals surface area contributed by atoms with Crippen LogP contribution in [0, 0.1) is 6.92 Å². The minimum Gasteiger partial charge on any atom is -0.489 e. The maximum Gasteiger partial charge on any atom is 0.337 e. The fourth-order valence-corrected chi connectivity index (χ4v) is 5.65. The molecule has 3 aromatic heterocycles. The molecular weight excluding hydrogens is 586 g/mol. The summed E-state index contributed by atoms with van der Waals surface area (Å²) in [5, 5.41) is 15.3. The van der Waals surface area contributed by atoms with Crippen molar-refractivity contribution in [3.8, 4) is 17.3 Å². The summed E-state index contributed by atoms with van der Waals surface area (Å²) < 4.78 is 25.9. The van der Waals surface area contributed by atoms with Gasteiger partial charge in [-0.3, -0.25) is 0 Å². The Balaban J connectivity index is 1.55. The number of carboxylic acids is 1. The molecule has 1 fully saturated rings. The number of ether oxygens (including phenoxy) is 3. The maximum atomic E-state index is 12.7. The standard InChI is InChI=1S/C35H43N5O6/c1-8-18-43-27-13-11-10-12-24(27)20-25-22-36-31(45-25)26-21-28-37-23(3)29(30(33(41)42)46-34(4,5)6)32(40(28)38-26)39-16-14-35(7,15-17-39)44-19-9-2/h8-13,21-22,30H,1-2,14-20H2,3-7H3,(H,41,42). The van der Waals surface area contributed by atoms with E-state index in [0.717, 1.165) is 24.2 Å². The first-order valence-electron chi connectivity index (χ1n) is 15.5. The van der Waals surface area contributed by atoms with E-state index in [0.29, 0.717) is 72.8 Å². The summed E-state index contributed by atoms with van der Waals surface area (Å²) in [6.45, 7) is 19.0. The number of aromatic nitrogens is 4. The van der Waals surface area contributed by atoms with Gasteiger partial charge in [0, 0.05) is 36.8 Å². The molecular formula is C35H43N5O6. The zero-order valence-electron chi connectivity index (χ0n) is 27.3. The van der Waals surface area contributed by atoms with E-state index in [4.69, 9.17) is 28.7 Å². The maximum absolute atomic E-state index is 12.7. The van der Waals surface area contributed by atoms with E-state index in [9.17, 15) is 9.90 Å². The van der Waals surface area contributed by atoms with Crippen molar-refractivity contribution in [2.24, 2.45) is 0 Å². The molecule has 1 aromatic carbocycles. The number of hydrogen-bond acceptors (Lipinski definition) is 9. The highest BCUT2D eigenvalue weighted by atomic mass is 16.5. The average Bonchev–Trinajstić information content (AvgIpc) is 3.65. The van der Waals surface area contributed by atoms with E-state index in [1.807, 2.05) is 52.0 Å². The van der Waals surface area contributed by atoms with Crippen LogP contribution in [-0.4, -0.2) is 68.2 Å². The van der Waals surface area contributed by atoms with Gasteiger partial charge in [0.25, 0.3) is 0 Å². The Morgan fingerprint density at radius 1 is 1.17 bits per heavy atom. The Hall–Kier alpha value is -4.48. The molecule has 0 saturated carbocycles. The van der Waals surface area contributed by atoms with E-state index in [2.05, 4.69) is 30.0 Å². The van der Waals surface area contributed by atoms with Crippen LogP contribution in [0.4, 0.5) is 5.82 Å². The predicted molar refractivity (Wildman–Crippen MR) is 175 cm³/mol. The van der Waals surface area contributed by atoms with Gasteiger partial charge in [-0.1, -0.05) is 36.9 Å². The third-order valence-corrected chi connectivity index (χ3v) is 7.90. The van der Waals surface area contributed by atoms with Crippen LogP contribution in [0.15, 0.2) is 66.3 Å². The Kier molecular flexibility index (Phi) is 9.64. The number of aryl methyl sites for hydroxylation is 1. The van der Waals surface area contributed by atoms with Gasteiger partial charge >= 0.3 is 5.97 Å². The molecule has 11 nitrogen and oxygen atoms in total. The lowest BCUT2D eigenvalue weighted by atomic mass is 9.92. The molecule has 1 aliphatic heterocycles. The molecule has 46 heavy (non-hydrogen) atoms. The van der Waals surface area contributed by atoms with Crippen molar-refractivity contribution in [2.45, 2.75) is 71.2 Å². The van der Waals surface area contributed by atoms with Crippen molar-refractivity contribution in [1.29, 1.82) is 0 Å². The monoisotopic (exact) mass is 629 g/mol. The van der Waals surface area contributed by atoms with Crippen LogP contribution in [0.2, 0.25) is 0 Å². The average molecular weight is 630 g/mol. The molecule has 1 unspecified atom stereocenters. The molecule has 0 amide bonds. The smallest absolute Gasteiger partial charge is 0.337 e. The Morgan fingerprint density at radius 2 is 1.89 bits per heavy atom. The number of rotatable bonds is 13. The minimum absolute atomic E-state index is 0.320. The summed E-state index contributed by atoms with van der Waals surface area (Å²) in [6.07, 6.45) is 5.82. The number of aliphatic carboxylic acids is 1. The summed E-state index contributed by atoms with van der Waals surface area (Å²) in [5.41, 5.74) is 1.95. The predicted octanol–water partition coefficient (Wildman–Crippen LogP) is 6.35. The number of hydrogen-bond donors (Lipinski definition) is 1. The van der Waals surface area contributed by atoms with Crippen molar-refractivity contribution < 1.29 is 28.5 Å². The third-order valence-electron chi connectivity index (χ3n) is 7.90. The van der Waals surface area contributed by atoms with Crippen LogP contribution >= 0.6 is 0 Å². The van der Waals surface area contributed by atoms with Gasteiger partial charge in [0.2, 0.25) is 5.89 Å². The van der Waals surface area contributed by atoms with E-state index >= 15 is 0 Å². The van der Waals surface area contributed by atoms with E-state index in [1.54, 1.807) is 28.9 Å². The molecule has 5 rings (SSSR count). The van der Waals surface area contributed by atoms with Crippen molar-refractivity contribution in [2.75, 3.05) is 31.2 Å². The Morgan fingerprint density at radius 3 is 2.57 bits per heavy atom. The van der Waals surface area contributed by atoms with Gasteiger partial charge in [-0.15, -0.1) is 6.58 Å². The minimum atomic E-state index is -1.26. The van der Waals surface area contributed by atoms with Gasteiger partial charge in [-0.25, -0.2) is 14.8 Å². The second kappa shape index (κ2) is 13.5. The molecule has 4 heterocycles. The summed E-state index contributed by atoms with van der Waals surface area (Å²) in [7, 11) is 0.